The van der Waals surface area contributed by atoms with Crippen LogP contribution in [0.15, 0.2) is 94.5 Å². The molecule has 11 rings (SSSR count). The summed E-state index contributed by atoms with van der Waals surface area (Å²) in [5, 5.41) is 21.6. The van der Waals surface area contributed by atoms with E-state index in [1.807, 2.05) is 115 Å². The van der Waals surface area contributed by atoms with Crippen LogP contribution in [0.3, 0.4) is 0 Å². The fraction of sp³-hybridized carbons (Fsp3) is 0.473. The number of aliphatic hydroxyl groups excluding tert-OH is 1. The summed E-state index contributed by atoms with van der Waals surface area (Å²) in [6, 6.07) is 20.0. The van der Waals surface area contributed by atoms with Gasteiger partial charge < -0.3 is 47.7 Å². The molecule has 2 N–H and O–H groups in total. The molecule has 0 radical (unpaired) electrons. The van der Waals surface area contributed by atoms with Crippen LogP contribution in [0.25, 0.3) is 22.6 Å². The maximum absolute atomic E-state index is 12.3. The number of hydrogen-bond acceptors (Lipinski definition) is 12. The first-order chi connectivity index (χ1) is 33.4. The lowest BCUT2D eigenvalue weighted by atomic mass is 10.1. The third kappa shape index (κ3) is 11.4. The van der Waals surface area contributed by atoms with Crippen LogP contribution in [0.4, 0.5) is 4.79 Å². The number of nitrogens with one attached hydrogen (secondary N) is 1. The number of aliphatic hydroxyl groups is 1. The van der Waals surface area contributed by atoms with E-state index in [1.165, 1.54) is 0 Å². The molecule has 0 spiro atoms. The van der Waals surface area contributed by atoms with E-state index >= 15 is 0 Å². The quantitative estimate of drug-likeness (QED) is 0.126. The Kier molecular flexibility index (Phi) is 14.5. The van der Waals surface area contributed by atoms with E-state index < -0.39 is 11.7 Å². The molecule has 0 bridgehead atoms. The molecule has 7 heterocycles. The molecule has 3 aliphatic heterocycles. The van der Waals surface area contributed by atoms with E-state index in [0.29, 0.717) is 48.3 Å². The molecule has 70 heavy (non-hydrogen) atoms. The Labute approximate surface area is 410 Å². The van der Waals surface area contributed by atoms with Crippen LogP contribution in [0, 0.1) is 59.2 Å². The van der Waals surface area contributed by atoms with E-state index in [1.54, 1.807) is 19.3 Å². The van der Waals surface area contributed by atoms with Crippen LogP contribution in [-0.4, -0.2) is 90.2 Å². The summed E-state index contributed by atoms with van der Waals surface area (Å²) in [6.45, 7) is 14.9. The molecular weight excluding hydrogens is 885 g/mol. The first kappa shape index (κ1) is 48.5. The molecule has 4 aromatic heterocycles. The second-order valence-corrected chi connectivity index (χ2v) is 19.9. The highest BCUT2D eigenvalue weighted by Crippen LogP contribution is 2.51. The fourth-order valence-electron chi connectivity index (χ4n) is 9.75. The Morgan fingerprint density at radius 2 is 1.31 bits per heavy atom. The van der Waals surface area contributed by atoms with Gasteiger partial charge in [-0.15, -0.1) is 0 Å². The number of piperidine rings is 2. The Hall–Kier alpha value is -6.49. The number of fused-ring (bicyclic) bond motifs is 2. The number of hydrogen-bond donors (Lipinski definition) is 2. The van der Waals surface area contributed by atoms with E-state index in [2.05, 4.69) is 49.3 Å². The minimum absolute atomic E-state index is 0. The summed E-state index contributed by atoms with van der Waals surface area (Å²) in [5.41, 5.74) is 5.03. The monoisotopic (exact) mass is 948 g/mol. The zero-order valence-electron chi connectivity index (χ0n) is 39.9. The minimum Gasteiger partial charge on any atom is -0.444 e. The molecule has 2 aliphatic carbocycles. The maximum atomic E-state index is 12.3. The van der Waals surface area contributed by atoms with E-state index in [4.69, 9.17) is 23.3 Å². The number of likely N-dealkylation sites (tertiary alicyclic amines) is 1. The standard InChI is InChI=1S/C32H38N4O5.C22H22N4O2.CH4/c1-21(39-29-7-5-6-16-38-29)30-33-14-15-35(30)18-24-17-28(41-34-24)23-11-8-22(9-12-23)10-13-25-26-19-36(20-27(25)26)31(37)40-32(2,3)4;1-14(27)22-24-8-9-26(22)13-17-10-21(28-25-17)16-5-2-15(3-6-16)4-7-18-19-11-23-12-20(18)19;/h8-9,11-12,14-15,17,21,25-27,29H,5-7,16,18-20H2,1-4H3;2-3,5-6,8-10,14,18-20,23,27H,11-13H2,1H3;1H4/t21-,25?,26-,27+,29?;14-,18?,19-,20+;/m00./s1. The van der Waals surface area contributed by atoms with Gasteiger partial charge in [0.05, 0.1) is 13.1 Å². The Balaban J connectivity index is 0.000000183. The van der Waals surface area contributed by atoms with Crippen molar-refractivity contribution in [3.8, 4) is 46.3 Å². The van der Waals surface area contributed by atoms with Gasteiger partial charge in [0.15, 0.2) is 17.8 Å². The molecular formula is C55H64N8O7. The molecule has 15 heteroatoms. The van der Waals surface area contributed by atoms with Gasteiger partial charge in [-0.25, -0.2) is 14.8 Å². The molecule has 1 amide bonds. The lowest BCUT2D eigenvalue weighted by molar-refractivity contribution is -0.188. The maximum Gasteiger partial charge on any atom is 0.410 e. The lowest BCUT2D eigenvalue weighted by Crippen LogP contribution is -2.37. The van der Waals surface area contributed by atoms with Gasteiger partial charge in [0.2, 0.25) is 0 Å². The fourth-order valence-corrected chi connectivity index (χ4v) is 9.75. The van der Waals surface area contributed by atoms with Gasteiger partial charge in [-0.05, 0) is 139 Å². The van der Waals surface area contributed by atoms with Gasteiger partial charge in [0, 0.05) is 90.7 Å². The van der Waals surface area contributed by atoms with Gasteiger partial charge in [-0.2, -0.15) is 0 Å². The predicted octanol–water partition coefficient (Wildman–Crippen LogP) is 8.75. The Morgan fingerprint density at radius 3 is 1.83 bits per heavy atom. The molecule has 5 fully saturated rings. The van der Waals surface area contributed by atoms with Crippen molar-refractivity contribution in [1.82, 2.24) is 39.6 Å². The molecule has 2 saturated carbocycles. The second-order valence-electron chi connectivity index (χ2n) is 19.9. The van der Waals surface area contributed by atoms with Gasteiger partial charge in [0.25, 0.3) is 0 Å². The van der Waals surface area contributed by atoms with Crippen molar-refractivity contribution in [2.75, 3.05) is 32.8 Å². The van der Waals surface area contributed by atoms with Crippen LogP contribution in [0.2, 0.25) is 0 Å². The highest BCUT2D eigenvalue weighted by Gasteiger charge is 2.56. The number of rotatable bonds is 10. The highest BCUT2D eigenvalue weighted by molar-refractivity contribution is 5.69. The smallest absolute Gasteiger partial charge is 0.410 e. The van der Waals surface area contributed by atoms with Crippen LogP contribution in [0.5, 0.6) is 0 Å². The zero-order chi connectivity index (χ0) is 47.6. The SMILES string of the molecule is C.C[C@H](O)c1nccn1Cc1cc(-c2ccc(C#CC3[C@H]4CNC[C@@H]34)cc2)on1.C[C@H](OC1CCCCO1)c1nccn1Cc1cc(-c2ccc(C#CC3[C@H]4CN(C(=O)OC(C)(C)C)C[C@@H]34)cc2)on1. The van der Waals surface area contributed by atoms with Crippen LogP contribution in [0.1, 0.15) is 108 Å². The number of nitrogens with zero attached hydrogens (tertiary/aromatic N) is 7. The summed E-state index contributed by atoms with van der Waals surface area (Å²) < 4.78 is 32.4. The molecule has 366 valence electrons. The van der Waals surface area contributed by atoms with E-state index in [0.717, 1.165) is 109 Å². The summed E-state index contributed by atoms with van der Waals surface area (Å²) >= 11 is 0. The molecule has 6 aromatic rings. The topological polar surface area (TPSA) is 168 Å². The van der Waals surface area contributed by atoms with Crippen molar-refractivity contribution < 1.29 is 33.2 Å². The summed E-state index contributed by atoms with van der Waals surface area (Å²) in [5.74, 6) is 19.7. The van der Waals surface area contributed by atoms with Crippen molar-refractivity contribution in [1.29, 1.82) is 0 Å². The number of carbonyl (C=O) groups excluding carboxylic acids is 1. The Morgan fingerprint density at radius 1 is 0.786 bits per heavy atom. The number of carbonyl (C=O) groups is 1. The average Bonchev–Trinajstić information content (AvgIpc) is 4.00. The number of benzene rings is 2. The molecule has 2 aromatic carbocycles. The number of aromatic nitrogens is 6. The second kappa shape index (κ2) is 20.8. The molecule has 15 nitrogen and oxygen atoms in total. The van der Waals surface area contributed by atoms with Crippen LogP contribution in [-0.2, 0) is 27.3 Å². The van der Waals surface area contributed by atoms with Crippen molar-refractivity contribution in [2.24, 2.45) is 35.5 Å². The first-order valence-corrected chi connectivity index (χ1v) is 24.2. The largest absolute Gasteiger partial charge is 0.444 e. The number of amides is 1. The minimum atomic E-state index is -0.624. The summed E-state index contributed by atoms with van der Waals surface area (Å²) in [4.78, 5) is 22.8. The number of imidazole rings is 2. The van der Waals surface area contributed by atoms with Crippen molar-refractivity contribution in [2.45, 2.75) is 98.5 Å². The van der Waals surface area contributed by atoms with E-state index in [-0.39, 0.29) is 25.9 Å². The van der Waals surface area contributed by atoms with Crippen LogP contribution >= 0.6 is 0 Å². The van der Waals surface area contributed by atoms with Gasteiger partial charge in [-0.1, -0.05) is 41.4 Å². The summed E-state index contributed by atoms with van der Waals surface area (Å²) in [7, 11) is 0. The molecule has 3 saturated heterocycles. The van der Waals surface area contributed by atoms with Crippen molar-refractivity contribution >= 4 is 6.09 Å². The average molecular weight is 949 g/mol. The summed E-state index contributed by atoms with van der Waals surface area (Å²) in [6.07, 6.45) is 9.14. The van der Waals surface area contributed by atoms with Crippen molar-refractivity contribution in [3.63, 3.8) is 0 Å². The molecule has 5 aliphatic rings. The van der Waals surface area contributed by atoms with Crippen molar-refractivity contribution in [3.05, 3.63) is 120 Å². The Bertz CT molecular complexity index is 2820. The van der Waals surface area contributed by atoms with E-state index in [9.17, 15) is 9.90 Å². The third-order valence-electron chi connectivity index (χ3n) is 13.6. The lowest BCUT2D eigenvalue weighted by Gasteiger charge is -2.26. The molecule has 3 unspecified atom stereocenters. The van der Waals surface area contributed by atoms with Crippen LogP contribution < -0.4 is 5.32 Å². The number of ether oxygens (including phenoxy) is 3. The highest BCUT2D eigenvalue weighted by atomic mass is 16.7. The third-order valence-corrected chi connectivity index (χ3v) is 13.6. The zero-order valence-corrected chi connectivity index (χ0v) is 39.9. The predicted molar refractivity (Wildman–Crippen MR) is 262 cm³/mol. The van der Waals surface area contributed by atoms with Gasteiger partial charge in [-0.3, -0.25) is 0 Å². The van der Waals surface area contributed by atoms with Gasteiger partial charge >= 0.3 is 6.09 Å². The first-order valence-electron chi connectivity index (χ1n) is 24.2. The molecule has 9 atom stereocenters. The normalized spacial score (nSPS) is 23.7. The van der Waals surface area contributed by atoms with Gasteiger partial charge in [0.1, 0.15) is 40.8 Å².